The summed E-state index contributed by atoms with van der Waals surface area (Å²) >= 11 is 0. The molecular formula is C75H116O6. The number of carbonyl (C=O) groups excluding carboxylic acids is 3. The summed E-state index contributed by atoms with van der Waals surface area (Å²) in [6.07, 6.45) is 100. The molecule has 0 saturated heterocycles. The molecule has 0 spiro atoms. The van der Waals surface area contributed by atoms with E-state index in [1.165, 1.54) is 38.5 Å². The molecule has 0 aliphatic heterocycles. The van der Waals surface area contributed by atoms with Gasteiger partial charge in [0.25, 0.3) is 0 Å². The van der Waals surface area contributed by atoms with E-state index < -0.39 is 6.10 Å². The third-order valence-corrected chi connectivity index (χ3v) is 12.9. The van der Waals surface area contributed by atoms with Crippen LogP contribution in [0.4, 0.5) is 0 Å². The molecule has 0 amide bonds. The molecule has 0 fully saturated rings. The Kier molecular flexibility index (Phi) is 62.5. The van der Waals surface area contributed by atoms with Gasteiger partial charge in [-0.15, -0.1) is 0 Å². The van der Waals surface area contributed by atoms with Crippen molar-refractivity contribution in [1.82, 2.24) is 0 Å². The molecule has 81 heavy (non-hydrogen) atoms. The Morgan fingerprint density at radius 1 is 0.259 bits per heavy atom. The van der Waals surface area contributed by atoms with Gasteiger partial charge in [0.15, 0.2) is 6.10 Å². The lowest BCUT2D eigenvalue weighted by Gasteiger charge is -2.18. The van der Waals surface area contributed by atoms with E-state index in [-0.39, 0.29) is 44.0 Å². The lowest BCUT2D eigenvalue weighted by molar-refractivity contribution is -0.167. The topological polar surface area (TPSA) is 78.9 Å². The standard InChI is InChI=1S/C75H116O6/c1-4-7-10-13-16-19-22-25-27-29-30-31-32-33-34-35-36-37-38-39-40-41-42-43-44-46-47-50-53-56-59-62-65-68-74(77)80-71-72(70-79-73(76)67-64-61-58-55-52-49-24-21-18-15-12-9-6-3)81-75(78)69-66-63-60-57-54-51-48-45-28-26-23-20-17-14-11-8-5-2/h7-8,10-11,16-17,19-21,24-28,30-31,33-34,36-37,39-40,42-43,46-48,51,53,56,72H,4-6,9,12-15,18,22-23,29,32,35,38,41,44-45,49-50,52,54-55,57-71H2,1-3H3/b10-7-,11-8-,19-16-,20-17-,24-21-,27-25-,28-26-,31-30-,34-33-,37-36-,40-39-,43-42-,47-46-,51-48-,56-53-. The number of ether oxygens (including phenoxy) is 3. The smallest absolute Gasteiger partial charge is 0.306 e. The van der Waals surface area contributed by atoms with E-state index in [4.69, 9.17) is 14.2 Å². The van der Waals surface area contributed by atoms with Gasteiger partial charge >= 0.3 is 17.9 Å². The van der Waals surface area contributed by atoms with Gasteiger partial charge in [-0.05, 0) is 161 Å². The third-order valence-electron chi connectivity index (χ3n) is 12.9. The average molecular weight is 1110 g/mol. The summed E-state index contributed by atoms with van der Waals surface area (Å²) in [6, 6.07) is 0. The second-order valence-corrected chi connectivity index (χ2v) is 20.5. The van der Waals surface area contributed by atoms with Crippen molar-refractivity contribution in [2.45, 2.75) is 258 Å². The molecule has 0 bridgehead atoms. The van der Waals surface area contributed by atoms with E-state index in [1.807, 2.05) is 0 Å². The molecule has 0 heterocycles. The molecular weight excluding hydrogens is 997 g/mol. The molecule has 0 aliphatic rings. The predicted molar refractivity (Wildman–Crippen MR) is 352 cm³/mol. The number of carbonyl (C=O) groups is 3. The molecule has 6 nitrogen and oxygen atoms in total. The maximum Gasteiger partial charge on any atom is 0.306 e. The van der Waals surface area contributed by atoms with Gasteiger partial charge in [-0.3, -0.25) is 14.4 Å². The highest BCUT2D eigenvalue weighted by Crippen LogP contribution is 2.13. The van der Waals surface area contributed by atoms with E-state index in [1.54, 1.807) is 0 Å². The maximum atomic E-state index is 12.9. The first-order valence-corrected chi connectivity index (χ1v) is 32.3. The molecule has 1 atom stereocenters. The molecule has 0 radical (unpaired) electrons. The van der Waals surface area contributed by atoms with Crippen molar-refractivity contribution in [3.63, 3.8) is 0 Å². The van der Waals surface area contributed by atoms with Crippen LogP contribution < -0.4 is 0 Å². The van der Waals surface area contributed by atoms with Crippen LogP contribution in [0.25, 0.3) is 0 Å². The predicted octanol–water partition coefficient (Wildman–Crippen LogP) is 22.4. The fourth-order valence-corrected chi connectivity index (χ4v) is 8.10. The normalized spacial score (nSPS) is 13.4. The lowest BCUT2D eigenvalue weighted by Crippen LogP contribution is -2.30. The summed E-state index contributed by atoms with van der Waals surface area (Å²) in [5.41, 5.74) is 0. The molecule has 0 N–H and O–H groups in total. The van der Waals surface area contributed by atoms with Gasteiger partial charge in [-0.2, -0.15) is 0 Å². The van der Waals surface area contributed by atoms with Gasteiger partial charge in [-0.25, -0.2) is 0 Å². The summed E-state index contributed by atoms with van der Waals surface area (Å²) in [7, 11) is 0. The van der Waals surface area contributed by atoms with Crippen molar-refractivity contribution < 1.29 is 28.6 Å². The van der Waals surface area contributed by atoms with Gasteiger partial charge in [-0.1, -0.05) is 254 Å². The van der Waals surface area contributed by atoms with Gasteiger partial charge in [0.05, 0.1) is 0 Å². The Balaban J connectivity index is 4.44. The molecule has 0 aromatic rings. The maximum absolute atomic E-state index is 12.9. The molecule has 0 aliphatic carbocycles. The molecule has 452 valence electrons. The highest BCUT2D eigenvalue weighted by atomic mass is 16.6. The fraction of sp³-hybridized carbons (Fsp3) is 0.560. The van der Waals surface area contributed by atoms with Gasteiger partial charge in [0, 0.05) is 19.3 Å². The minimum atomic E-state index is -0.823. The minimum absolute atomic E-state index is 0.114. The SMILES string of the molecule is CC/C=C\C/C=C\C/C=C\C/C=C\C/C=C\C/C=C\C/C=C\C/C=C\C/C=C\C/C=C\CCCCC(=O)OCC(COC(=O)CCCCCCC/C=C\CCCCCC)OC(=O)CCCCCC/C=C\C/C=C\C/C=C\C/C=C\CC. The molecule has 0 aromatic heterocycles. The molecule has 0 saturated carbocycles. The molecule has 0 aromatic carbocycles. The third kappa shape index (κ3) is 65.2. The van der Waals surface area contributed by atoms with E-state index in [2.05, 4.69) is 203 Å². The average Bonchev–Trinajstić information content (AvgIpc) is 3.46. The highest BCUT2D eigenvalue weighted by molar-refractivity contribution is 5.71. The Morgan fingerprint density at radius 2 is 0.481 bits per heavy atom. The van der Waals surface area contributed by atoms with Crippen molar-refractivity contribution in [1.29, 1.82) is 0 Å². The van der Waals surface area contributed by atoms with Crippen LogP contribution in [0, 0.1) is 0 Å². The van der Waals surface area contributed by atoms with E-state index in [9.17, 15) is 14.4 Å². The number of hydrogen-bond acceptors (Lipinski definition) is 6. The summed E-state index contributed by atoms with van der Waals surface area (Å²) in [5.74, 6) is -1.00. The van der Waals surface area contributed by atoms with Gasteiger partial charge in [0.2, 0.25) is 0 Å². The Bertz CT molecular complexity index is 1900. The minimum Gasteiger partial charge on any atom is -0.462 e. The van der Waals surface area contributed by atoms with Crippen molar-refractivity contribution in [3.8, 4) is 0 Å². The highest BCUT2D eigenvalue weighted by Gasteiger charge is 2.19. The first kappa shape index (κ1) is 75.5. The molecule has 1 unspecified atom stereocenters. The van der Waals surface area contributed by atoms with Crippen LogP contribution in [0.15, 0.2) is 182 Å². The van der Waals surface area contributed by atoms with E-state index in [0.29, 0.717) is 12.8 Å². The van der Waals surface area contributed by atoms with Crippen LogP contribution in [-0.4, -0.2) is 37.2 Å². The van der Waals surface area contributed by atoms with Crippen molar-refractivity contribution in [2.24, 2.45) is 0 Å². The number of unbranched alkanes of at least 4 members (excludes halogenated alkanes) is 15. The van der Waals surface area contributed by atoms with E-state index >= 15 is 0 Å². The van der Waals surface area contributed by atoms with Crippen LogP contribution >= 0.6 is 0 Å². The summed E-state index contributed by atoms with van der Waals surface area (Å²) in [5, 5.41) is 0. The van der Waals surface area contributed by atoms with Crippen LogP contribution in [0.5, 0.6) is 0 Å². The first-order valence-electron chi connectivity index (χ1n) is 32.3. The summed E-state index contributed by atoms with van der Waals surface area (Å²) in [6.45, 7) is 6.32. The Labute approximate surface area is 497 Å². The molecule has 0 rings (SSSR count). The number of esters is 3. The monoisotopic (exact) mass is 1110 g/mol. The first-order chi connectivity index (χ1) is 40.0. The zero-order valence-corrected chi connectivity index (χ0v) is 51.7. The zero-order chi connectivity index (χ0) is 58.5. The van der Waals surface area contributed by atoms with Crippen LogP contribution in [0.1, 0.15) is 252 Å². The number of allylic oxidation sites excluding steroid dienone is 30. The fourth-order valence-electron chi connectivity index (χ4n) is 8.10. The largest absolute Gasteiger partial charge is 0.462 e. The second-order valence-electron chi connectivity index (χ2n) is 20.5. The van der Waals surface area contributed by atoms with Gasteiger partial charge < -0.3 is 14.2 Å². The molecule has 6 heteroatoms. The number of rotatable bonds is 56. The Hall–Kier alpha value is -5.49. The Morgan fingerprint density at radius 3 is 0.790 bits per heavy atom. The van der Waals surface area contributed by atoms with Crippen LogP contribution in [-0.2, 0) is 28.6 Å². The number of hydrogen-bond donors (Lipinski definition) is 0. The zero-order valence-electron chi connectivity index (χ0n) is 51.7. The van der Waals surface area contributed by atoms with E-state index in [0.717, 1.165) is 167 Å². The van der Waals surface area contributed by atoms with Crippen molar-refractivity contribution in [2.75, 3.05) is 13.2 Å². The quantitative estimate of drug-likeness (QED) is 0.0261. The van der Waals surface area contributed by atoms with Crippen LogP contribution in [0.2, 0.25) is 0 Å². The second kappa shape index (κ2) is 67.0. The van der Waals surface area contributed by atoms with Crippen LogP contribution in [0.3, 0.4) is 0 Å². The summed E-state index contributed by atoms with van der Waals surface area (Å²) in [4.78, 5) is 38.3. The van der Waals surface area contributed by atoms with Crippen molar-refractivity contribution >= 4 is 17.9 Å². The summed E-state index contributed by atoms with van der Waals surface area (Å²) < 4.78 is 16.8. The lowest BCUT2D eigenvalue weighted by atomic mass is 10.1. The van der Waals surface area contributed by atoms with Crippen molar-refractivity contribution in [3.05, 3.63) is 182 Å². The van der Waals surface area contributed by atoms with Gasteiger partial charge in [0.1, 0.15) is 13.2 Å².